The number of benzene rings is 2. The number of carbonyl (C=O) groups is 2. The summed E-state index contributed by atoms with van der Waals surface area (Å²) < 4.78 is 12.2. The van der Waals surface area contributed by atoms with Gasteiger partial charge in [-0.1, -0.05) is 24.2 Å². The molecule has 11 heteroatoms. The molecule has 1 aliphatic carbocycles. The monoisotopic (exact) mass is 612 g/mol. The van der Waals surface area contributed by atoms with Crippen LogP contribution < -0.4 is 20.1 Å². The number of aromatic nitrogens is 3. The number of pyridine rings is 1. The van der Waals surface area contributed by atoms with Crippen LogP contribution in [-0.2, 0) is 16.2 Å². The number of fused-ring (bicyclic) bond motifs is 1. The zero-order valence-electron chi connectivity index (χ0n) is 24.2. The molecule has 1 saturated heterocycles. The van der Waals surface area contributed by atoms with Crippen LogP contribution in [0.15, 0.2) is 73.7 Å². The third-order valence-electron chi connectivity index (χ3n) is 7.90. The van der Waals surface area contributed by atoms with E-state index >= 15 is 0 Å². The number of hydrogen-bond donors (Lipinski definition) is 2. The number of nitrogens with one attached hydrogen (secondary N) is 2. The molecule has 0 unspecified atom stereocenters. The Kier molecular flexibility index (Phi) is 8.88. The molecule has 2 aromatic carbocycles. The number of amides is 2. The van der Waals surface area contributed by atoms with E-state index in [1.54, 1.807) is 23.2 Å². The first kappa shape index (κ1) is 29.4. The Morgan fingerprint density at radius 2 is 1.89 bits per heavy atom. The van der Waals surface area contributed by atoms with Crippen molar-refractivity contribution in [3.05, 3.63) is 84.4 Å². The van der Waals surface area contributed by atoms with Crippen molar-refractivity contribution in [2.24, 2.45) is 0 Å². The van der Waals surface area contributed by atoms with E-state index in [2.05, 4.69) is 32.2 Å². The summed E-state index contributed by atoms with van der Waals surface area (Å²) in [6.07, 6.45) is 9.94. The summed E-state index contributed by atoms with van der Waals surface area (Å²) in [5.74, 6) is 1.08. The molecule has 2 amide bonds. The summed E-state index contributed by atoms with van der Waals surface area (Å²) in [4.78, 5) is 40.7. The molecule has 0 radical (unpaired) electrons. The molecule has 1 aliphatic heterocycles. The highest BCUT2D eigenvalue weighted by atomic mass is 35.5. The van der Waals surface area contributed by atoms with Crippen LogP contribution in [0.1, 0.15) is 44.2 Å². The van der Waals surface area contributed by atoms with Gasteiger partial charge in [-0.3, -0.25) is 14.6 Å². The lowest BCUT2D eigenvalue weighted by atomic mass is 10.1. The maximum atomic E-state index is 13.5. The fourth-order valence-corrected chi connectivity index (χ4v) is 5.90. The minimum atomic E-state index is -0.583. The van der Waals surface area contributed by atoms with E-state index in [1.807, 2.05) is 36.4 Å². The molecule has 0 spiro atoms. The summed E-state index contributed by atoms with van der Waals surface area (Å²) >= 11 is 6.55. The molecule has 4 aromatic rings. The van der Waals surface area contributed by atoms with E-state index in [4.69, 9.17) is 21.1 Å². The molecule has 6 rings (SSSR count). The SMILES string of the molecule is C=CC(=O)N1CCC[C@H]1C(=O)Nc1cc2c(Nc3ccc(OCc4ccccn4)c(Cl)c3)ncnc2cc1OC1CCCC1. The van der Waals surface area contributed by atoms with Gasteiger partial charge in [0, 0.05) is 29.9 Å². The minimum absolute atomic E-state index is 0.0633. The predicted octanol–water partition coefficient (Wildman–Crippen LogP) is 6.44. The van der Waals surface area contributed by atoms with E-state index < -0.39 is 6.04 Å². The van der Waals surface area contributed by atoms with Crippen molar-refractivity contribution < 1.29 is 19.1 Å². The van der Waals surface area contributed by atoms with Crippen molar-refractivity contribution in [2.45, 2.75) is 57.3 Å². The summed E-state index contributed by atoms with van der Waals surface area (Å²) in [5.41, 5.74) is 2.65. The molecular formula is C33H33ClN6O4. The van der Waals surface area contributed by atoms with Crippen LogP contribution in [0.3, 0.4) is 0 Å². The number of likely N-dealkylation sites (tertiary alicyclic amines) is 1. The molecule has 2 aliphatic rings. The van der Waals surface area contributed by atoms with Gasteiger partial charge in [0.25, 0.3) is 0 Å². The van der Waals surface area contributed by atoms with E-state index in [1.165, 1.54) is 12.4 Å². The van der Waals surface area contributed by atoms with Gasteiger partial charge in [-0.2, -0.15) is 0 Å². The van der Waals surface area contributed by atoms with E-state index in [-0.39, 0.29) is 17.9 Å². The van der Waals surface area contributed by atoms with E-state index in [0.717, 1.165) is 37.8 Å². The normalized spacial score (nSPS) is 16.6. The minimum Gasteiger partial charge on any atom is -0.488 e. The van der Waals surface area contributed by atoms with Gasteiger partial charge < -0.3 is 25.0 Å². The highest BCUT2D eigenvalue weighted by molar-refractivity contribution is 6.32. The molecule has 2 fully saturated rings. The fraction of sp³-hybridized carbons (Fsp3) is 0.303. The summed E-state index contributed by atoms with van der Waals surface area (Å²) in [6.45, 7) is 4.40. The van der Waals surface area contributed by atoms with Gasteiger partial charge in [-0.05, 0) is 81.0 Å². The molecule has 1 atom stereocenters. The van der Waals surface area contributed by atoms with Crippen LogP contribution in [0, 0.1) is 0 Å². The smallest absolute Gasteiger partial charge is 0.247 e. The first-order valence-electron chi connectivity index (χ1n) is 14.8. The Hall–Kier alpha value is -4.70. The van der Waals surface area contributed by atoms with Crippen LogP contribution in [0.25, 0.3) is 10.9 Å². The van der Waals surface area contributed by atoms with Crippen molar-refractivity contribution in [3.63, 3.8) is 0 Å². The molecule has 44 heavy (non-hydrogen) atoms. The topological polar surface area (TPSA) is 119 Å². The second-order valence-electron chi connectivity index (χ2n) is 10.9. The molecular weight excluding hydrogens is 580 g/mol. The van der Waals surface area contributed by atoms with Gasteiger partial charge in [0.2, 0.25) is 11.8 Å². The largest absolute Gasteiger partial charge is 0.488 e. The van der Waals surface area contributed by atoms with Crippen molar-refractivity contribution in [1.29, 1.82) is 0 Å². The molecule has 10 nitrogen and oxygen atoms in total. The highest BCUT2D eigenvalue weighted by Crippen LogP contribution is 2.37. The number of nitrogens with zero attached hydrogens (tertiary/aromatic N) is 4. The predicted molar refractivity (Wildman–Crippen MR) is 169 cm³/mol. The zero-order valence-corrected chi connectivity index (χ0v) is 24.9. The van der Waals surface area contributed by atoms with Crippen LogP contribution in [0.2, 0.25) is 5.02 Å². The standard InChI is InChI=1S/C33H33ClN6O4/c1-2-31(41)40-15-7-11-28(40)33(42)39-27-17-24-26(18-30(27)44-23-9-3-4-10-23)36-20-37-32(24)38-21-12-13-29(25(34)16-21)43-19-22-8-5-6-14-35-22/h2,5-6,8,12-14,16-18,20,23,28H,1,3-4,7,9-11,15,19H2,(H,39,42)(H,36,37,38)/t28-/m0/s1. The molecule has 3 heterocycles. The van der Waals surface area contributed by atoms with Crippen molar-refractivity contribution in [3.8, 4) is 11.5 Å². The highest BCUT2D eigenvalue weighted by Gasteiger charge is 2.33. The number of rotatable bonds is 10. The first-order valence-corrected chi connectivity index (χ1v) is 15.1. The second kappa shape index (κ2) is 13.3. The van der Waals surface area contributed by atoms with Gasteiger partial charge in [-0.15, -0.1) is 0 Å². The second-order valence-corrected chi connectivity index (χ2v) is 11.3. The van der Waals surface area contributed by atoms with Crippen LogP contribution >= 0.6 is 11.6 Å². The van der Waals surface area contributed by atoms with Crippen LogP contribution in [0.5, 0.6) is 11.5 Å². The summed E-state index contributed by atoms with van der Waals surface area (Å²) in [7, 11) is 0. The average Bonchev–Trinajstić information content (AvgIpc) is 3.74. The number of anilines is 3. The Balaban J connectivity index is 1.27. The number of ether oxygens (including phenoxy) is 2. The van der Waals surface area contributed by atoms with Crippen LogP contribution in [-0.4, -0.2) is 50.4 Å². The third kappa shape index (κ3) is 6.60. The Morgan fingerprint density at radius 3 is 2.66 bits per heavy atom. The average molecular weight is 613 g/mol. The van der Waals surface area contributed by atoms with E-state index in [9.17, 15) is 9.59 Å². The molecule has 0 bridgehead atoms. The molecule has 226 valence electrons. The Labute approximate surface area is 260 Å². The van der Waals surface area contributed by atoms with Gasteiger partial charge in [-0.25, -0.2) is 9.97 Å². The van der Waals surface area contributed by atoms with Crippen molar-refractivity contribution in [2.75, 3.05) is 17.2 Å². The van der Waals surface area contributed by atoms with Crippen molar-refractivity contribution in [1.82, 2.24) is 19.9 Å². The maximum absolute atomic E-state index is 13.5. The number of halogens is 1. The Bertz CT molecular complexity index is 1680. The van der Waals surface area contributed by atoms with Crippen molar-refractivity contribution >= 4 is 51.5 Å². The Morgan fingerprint density at radius 1 is 1.02 bits per heavy atom. The molecule has 2 N–H and O–H groups in total. The third-order valence-corrected chi connectivity index (χ3v) is 8.20. The van der Waals surface area contributed by atoms with E-state index in [0.29, 0.717) is 64.2 Å². The molecule has 2 aromatic heterocycles. The summed E-state index contributed by atoms with van der Waals surface area (Å²) in [6, 6.07) is 14.1. The van der Waals surface area contributed by atoms with Gasteiger partial charge in [0.1, 0.15) is 36.3 Å². The maximum Gasteiger partial charge on any atom is 0.247 e. The molecule has 1 saturated carbocycles. The van der Waals surface area contributed by atoms with Crippen LogP contribution in [0.4, 0.5) is 17.2 Å². The fourth-order valence-electron chi connectivity index (χ4n) is 5.67. The number of hydrogen-bond acceptors (Lipinski definition) is 8. The first-order chi connectivity index (χ1) is 21.5. The quantitative estimate of drug-likeness (QED) is 0.197. The zero-order chi connectivity index (χ0) is 30.5. The summed E-state index contributed by atoms with van der Waals surface area (Å²) in [5, 5.41) is 7.48. The lowest BCUT2D eigenvalue weighted by Crippen LogP contribution is -2.42. The van der Waals surface area contributed by atoms with Gasteiger partial charge in [0.15, 0.2) is 0 Å². The van der Waals surface area contributed by atoms with Gasteiger partial charge in [0.05, 0.1) is 28.0 Å². The van der Waals surface area contributed by atoms with Gasteiger partial charge >= 0.3 is 0 Å². The lowest BCUT2D eigenvalue weighted by molar-refractivity contribution is -0.132. The lowest BCUT2D eigenvalue weighted by Gasteiger charge is -2.24. The number of carbonyl (C=O) groups excluding carboxylic acids is 2.